The van der Waals surface area contributed by atoms with Gasteiger partial charge >= 0.3 is 0 Å². The van der Waals surface area contributed by atoms with Gasteiger partial charge in [0.1, 0.15) is 0 Å². The van der Waals surface area contributed by atoms with Crippen LogP contribution >= 0.6 is 0 Å². The number of amides is 2. The van der Waals surface area contributed by atoms with Crippen LogP contribution in [0.25, 0.3) is 0 Å². The fourth-order valence-corrected chi connectivity index (χ4v) is 2.62. The summed E-state index contributed by atoms with van der Waals surface area (Å²) in [6, 6.07) is 6.76. The Bertz CT molecular complexity index is 532. The topological polar surface area (TPSA) is 101 Å². The molecule has 2 rings (SSSR count). The lowest BCUT2D eigenvalue weighted by Crippen LogP contribution is -2.49. The quantitative estimate of drug-likeness (QED) is 0.714. The van der Waals surface area contributed by atoms with Gasteiger partial charge in [0.15, 0.2) is 0 Å². The number of anilines is 2. The fraction of sp³-hybridized carbons (Fsp3) is 0.467. The number of carbonyl (C=O) groups excluding carboxylic acids is 2. The summed E-state index contributed by atoms with van der Waals surface area (Å²) in [7, 11) is 0. The first-order valence-electron chi connectivity index (χ1n) is 7.17. The number of nitrogens with two attached hydrogens (primary N) is 2. The van der Waals surface area contributed by atoms with E-state index in [1.165, 1.54) is 0 Å². The van der Waals surface area contributed by atoms with Crippen LogP contribution in [0.15, 0.2) is 24.3 Å². The average molecular weight is 290 g/mol. The monoisotopic (exact) mass is 290 g/mol. The predicted octanol–water partition coefficient (Wildman–Crippen LogP) is 0.793. The molecular weight excluding hydrogens is 268 g/mol. The van der Waals surface area contributed by atoms with Crippen molar-refractivity contribution in [1.82, 2.24) is 4.90 Å². The molecule has 2 amide bonds. The van der Waals surface area contributed by atoms with Gasteiger partial charge in [0.2, 0.25) is 11.8 Å². The maximum absolute atomic E-state index is 12.3. The molecule has 0 aromatic heterocycles. The third-order valence-electron chi connectivity index (χ3n) is 3.94. The lowest BCUT2D eigenvalue weighted by molar-refractivity contribution is -0.127. The Morgan fingerprint density at radius 2 is 2.19 bits per heavy atom. The molecule has 1 heterocycles. The van der Waals surface area contributed by atoms with Crippen LogP contribution in [0.1, 0.15) is 19.8 Å². The first-order chi connectivity index (χ1) is 9.97. The van der Waals surface area contributed by atoms with Crippen LogP contribution < -0.4 is 16.8 Å². The highest BCUT2D eigenvalue weighted by Crippen LogP contribution is 2.19. The van der Waals surface area contributed by atoms with Crippen LogP contribution in [-0.4, -0.2) is 35.8 Å². The molecular formula is C15H22N4O2. The van der Waals surface area contributed by atoms with E-state index in [2.05, 4.69) is 5.32 Å². The van der Waals surface area contributed by atoms with Crippen molar-refractivity contribution in [3.8, 4) is 0 Å². The molecule has 1 aliphatic rings. The molecule has 6 nitrogen and oxygen atoms in total. The van der Waals surface area contributed by atoms with Crippen molar-refractivity contribution in [2.75, 3.05) is 24.1 Å². The van der Waals surface area contributed by atoms with E-state index in [0.717, 1.165) is 19.4 Å². The van der Waals surface area contributed by atoms with E-state index in [-0.39, 0.29) is 23.8 Å². The fourth-order valence-electron chi connectivity index (χ4n) is 2.62. The first kappa shape index (κ1) is 15.3. The van der Waals surface area contributed by atoms with E-state index in [1.807, 2.05) is 11.8 Å². The summed E-state index contributed by atoms with van der Waals surface area (Å²) in [6.07, 6.45) is 1.68. The maximum Gasteiger partial charge on any atom is 0.241 e. The molecule has 1 saturated heterocycles. The zero-order valence-corrected chi connectivity index (χ0v) is 12.2. The van der Waals surface area contributed by atoms with E-state index < -0.39 is 0 Å². The number of hydrogen-bond donors (Lipinski definition) is 3. The van der Waals surface area contributed by atoms with Gasteiger partial charge in [-0.15, -0.1) is 0 Å². The smallest absolute Gasteiger partial charge is 0.241 e. The van der Waals surface area contributed by atoms with Crippen LogP contribution in [0, 0.1) is 5.92 Å². The van der Waals surface area contributed by atoms with Crippen LogP contribution in [-0.2, 0) is 9.59 Å². The lowest BCUT2D eigenvalue weighted by atomic mass is 9.96. The minimum absolute atomic E-state index is 0.106. The minimum Gasteiger partial charge on any atom is -0.399 e. The number of hydrogen-bond acceptors (Lipinski definition) is 4. The molecule has 1 aliphatic heterocycles. The summed E-state index contributed by atoms with van der Waals surface area (Å²) < 4.78 is 0. The summed E-state index contributed by atoms with van der Waals surface area (Å²) >= 11 is 0. The second-order valence-corrected chi connectivity index (χ2v) is 5.53. The second kappa shape index (κ2) is 6.58. The summed E-state index contributed by atoms with van der Waals surface area (Å²) in [5.41, 5.74) is 12.3. The zero-order chi connectivity index (χ0) is 15.4. The van der Waals surface area contributed by atoms with E-state index >= 15 is 0 Å². The molecule has 0 radical (unpaired) electrons. The molecule has 0 bridgehead atoms. The van der Waals surface area contributed by atoms with Crippen molar-refractivity contribution < 1.29 is 9.59 Å². The van der Waals surface area contributed by atoms with Gasteiger partial charge in [0, 0.05) is 17.9 Å². The van der Waals surface area contributed by atoms with Gasteiger partial charge in [0.25, 0.3) is 0 Å². The van der Waals surface area contributed by atoms with Crippen molar-refractivity contribution in [3.05, 3.63) is 24.3 Å². The minimum atomic E-state index is -0.311. The maximum atomic E-state index is 12.3. The third kappa shape index (κ3) is 3.95. The van der Waals surface area contributed by atoms with Gasteiger partial charge in [-0.05, 0) is 44.5 Å². The highest BCUT2D eigenvalue weighted by atomic mass is 16.2. The number of nitrogen functional groups attached to an aromatic ring is 1. The molecule has 0 spiro atoms. The van der Waals surface area contributed by atoms with Crippen LogP contribution in [0.5, 0.6) is 0 Å². The van der Waals surface area contributed by atoms with Gasteiger partial charge < -0.3 is 16.8 Å². The van der Waals surface area contributed by atoms with Gasteiger partial charge in [-0.2, -0.15) is 0 Å². The number of rotatable bonds is 4. The first-order valence-corrected chi connectivity index (χ1v) is 7.17. The molecule has 6 heteroatoms. The van der Waals surface area contributed by atoms with Crippen molar-refractivity contribution in [3.63, 3.8) is 0 Å². The Hall–Kier alpha value is -2.08. The normalized spacial score (nSPS) is 20.7. The number of carbonyl (C=O) groups is 2. The van der Waals surface area contributed by atoms with E-state index in [4.69, 9.17) is 11.5 Å². The molecule has 2 unspecified atom stereocenters. The van der Waals surface area contributed by atoms with Crippen LogP contribution in [0.4, 0.5) is 11.4 Å². The van der Waals surface area contributed by atoms with E-state index in [9.17, 15) is 9.59 Å². The molecule has 114 valence electrons. The van der Waals surface area contributed by atoms with E-state index in [0.29, 0.717) is 17.9 Å². The predicted molar refractivity (Wildman–Crippen MR) is 82.4 cm³/mol. The Morgan fingerprint density at radius 1 is 1.43 bits per heavy atom. The molecule has 21 heavy (non-hydrogen) atoms. The van der Waals surface area contributed by atoms with Crippen LogP contribution in [0.2, 0.25) is 0 Å². The van der Waals surface area contributed by atoms with Crippen molar-refractivity contribution in [2.45, 2.75) is 25.8 Å². The molecule has 1 aromatic carbocycles. The number of piperidine rings is 1. The third-order valence-corrected chi connectivity index (χ3v) is 3.94. The molecule has 5 N–H and O–H groups in total. The Kier molecular flexibility index (Phi) is 4.80. The summed E-state index contributed by atoms with van der Waals surface area (Å²) in [5.74, 6) is -0.560. The van der Waals surface area contributed by atoms with Gasteiger partial charge in [-0.1, -0.05) is 6.07 Å². The second-order valence-electron chi connectivity index (χ2n) is 5.53. The Labute approximate surface area is 124 Å². The Balaban J connectivity index is 1.97. The Morgan fingerprint density at radius 3 is 2.86 bits per heavy atom. The number of benzene rings is 1. The summed E-state index contributed by atoms with van der Waals surface area (Å²) in [4.78, 5) is 25.6. The number of primary amides is 1. The SMILES string of the molecule is CC(C(=O)Nc1cccc(N)c1)N1CCCC(C(N)=O)C1. The molecule has 0 saturated carbocycles. The van der Waals surface area contributed by atoms with Gasteiger partial charge in [-0.3, -0.25) is 14.5 Å². The number of likely N-dealkylation sites (tertiary alicyclic amines) is 1. The molecule has 1 fully saturated rings. The van der Waals surface area contributed by atoms with Gasteiger partial charge in [0.05, 0.1) is 12.0 Å². The van der Waals surface area contributed by atoms with Crippen molar-refractivity contribution in [1.29, 1.82) is 0 Å². The summed E-state index contributed by atoms with van der Waals surface area (Å²) in [6.45, 7) is 3.18. The lowest BCUT2D eigenvalue weighted by Gasteiger charge is -2.34. The van der Waals surface area contributed by atoms with Crippen LogP contribution in [0.3, 0.4) is 0 Å². The average Bonchev–Trinajstić information content (AvgIpc) is 2.46. The van der Waals surface area contributed by atoms with Crippen molar-refractivity contribution in [2.24, 2.45) is 11.7 Å². The summed E-state index contributed by atoms with van der Waals surface area (Å²) in [5, 5.41) is 2.85. The van der Waals surface area contributed by atoms with Gasteiger partial charge in [-0.25, -0.2) is 0 Å². The standard InChI is InChI=1S/C15H22N4O2/c1-10(19-7-3-4-11(9-19)14(17)20)15(21)18-13-6-2-5-12(16)8-13/h2,5-6,8,10-11H,3-4,7,9,16H2,1H3,(H2,17,20)(H,18,21). The molecule has 2 atom stereocenters. The number of nitrogens with zero attached hydrogens (tertiary/aromatic N) is 1. The van der Waals surface area contributed by atoms with E-state index in [1.54, 1.807) is 24.3 Å². The van der Waals surface area contributed by atoms with Crippen molar-refractivity contribution >= 4 is 23.2 Å². The molecule has 1 aromatic rings. The zero-order valence-electron chi connectivity index (χ0n) is 12.2. The molecule has 0 aliphatic carbocycles. The number of nitrogens with one attached hydrogen (secondary N) is 1. The highest BCUT2D eigenvalue weighted by molar-refractivity contribution is 5.95. The highest BCUT2D eigenvalue weighted by Gasteiger charge is 2.29. The largest absolute Gasteiger partial charge is 0.399 e.